The monoisotopic (exact) mass is 422 g/mol. The highest BCUT2D eigenvalue weighted by Crippen LogP contribution is 2.73. The fourth-order valence-electron chi connectivity index (χ4n) is 5.45. The molecular weight excluding hydrogens is 384 g/mol. The largest absolute Gasteiger partial charge is 0.500 e. The second kappa shape index (κ2) is 9.75. The van der Waals surface area contributed by atoms with Crippen LogP contribution in [0.3, 0.4) is 0 Å². The Bertz CT molecular complexity index is 376. The number of hydrogen-bond donors (Lipinski definition) is 0. The molecule has 0 bridgehead atoms. The molecule has 2 fully saturated rings. The van der Waals surface area contributed by atoms with Gasteiger partial charge in [0.1, 0.15) is 0 Å². The van der Waals surface area contributed by atoms with Crippen molar-refractivity contribution in [3.63, 3.8) is 0 Å². The lowest BCUT2D eigenvalue weighted by Gasteiger charge is -2.27. The first kappa shape index (κ1) is 22.7. The summed E-state index contributed by atoms with van der Waals surface area (Å²) in [6.07, 6.45) is 6.69. The van der Waals surface area contributed by atoms with Gasteiger partial charge in [-0.1, -0.05) is 44.2 Å². The Hall–Kier alpha value is 0.411. The van der Waals surface area contributed by atoms with E-state index in [9.17, 15) is 0 Å². The summed E-state index contributed by atoms with van der Waals surface area (Å²) in [5.41, 5.74) is 2.10. The van der Waals surface area contributed by atoms with Crippen molar-refractivity contribution < 1.29 is 26.6 Å². The number of hydrogen-bond acceptors (Lipinski definition) is 6. The average Bonchev–Trinajstić information content (AvgIpc) is 3.02. The molecule has 1 aliphatic carbocycles. The minimum absolute atomic E-state index is 0.928. The normalized spacial score (nSPS) is 24.7. The number of fused-ring (bicyclic) bond motifs is 1. The smallest absolute Gasteiger partial charge is 0.377 e. The highest BCUT2D eigenvalue weighted by Gasteiger charge is 2.66. The van der Waals surface area contributed by atoms with E-state index in [0.717, 1.165) is 23.2 Å². The maximum Gasteiger partial charge on any atom is 0.500 e. The van der Waals surface area contributed by atoms with Crippen LogP contribution in [-0.4, -0.2) is 68.3 Å². The third-order valence-corrected chi connectivity index (χ3v) is 19.2. The standard InChI is InChI=1S/C17H38O6Si3/c1-18-25(19-2,20-3)14-8-12-24(16-10-7-11-17(16)24)13-9-15-26(21-4,22-5)23-6/h16-17H,7-15H2,1-6H3. The average molecular weight is 423 g/mol. The lowest BCUT2D eigenvalue weighted by atomic mass is 10.4. The quantitative estimate of drug-likeness (QED) is 0.396. The first-order valence-corrected chi connectivity index (χ1v) is 16.2. The van der Waals surface area contributed by atoms with Crippen molar-refractivity contribution in [2.24, 2.45) is 0 Å². The van der Waals surface area contributed by atoms with E-state index in [2.05, 4.69) is 0 Å². The van der Waals surface area contributed by atoms with Crippen LogP contribution in [0.25, 0.3) is 0 Å². The molecule has 1 saturated carbocycles. The van der Waals surface area contributed by atoms with E-state index in [1.807, 2.05) is 0 Å². The Morgan fingerprint density at radius 3 is 1.31 bits per heavy atom. The van der Waals surface area contributed by atoms with Crippen LogP contribution < -0.4 is 0 Å². The van der Waals surface area contributed by atoms with Gasteiger partial charge in [0.2, 0.25) is 0 Å². The molecule has 0 amide bonds. The topological polar surface area (TPSA) is 55.4 Å². The summed E-state index contributed by atoms with van der Waals surface area (Å²) in [7, 11) is 4.23. The van der Waals surface area contributed by atoms with Crippen LogP contribution in [-0.2, 0) is 26.6 Å². The SMILES string of the molecule is CO[Si](CCC[Si]1(CCC[Si](OC)(OC)OC)C2CCCC21)(OC)OC. The van der Waals surface area contributed by atoms with Gasteiger partial charge in [0, 0.05) is 54.7 Å². The molecule has 154 valence electrons. The van der Waals surface area contributed by atoms with Crippen LogP contribution in [0.1, 0.15) is 32.1 Å². The lowest BCUT2D eigenvalue weighted by Crippen LogP contribution is -2.43. The van der Waals surface area contributed by atoms with Gasteiger partial charge in [-0.05, 0) is 11.1 Å². The zero-order chi connectivity index (χ0) is 19.3. The third-order valence-electron chi connectivity index (χ3n) is 7.00. The van der Waals surface area contributed by atoms with E-state index >= 15 is 0 Å². The van der Waals surface area contributed by atoms with Gasteiger partial charge in [-0.25, -0.2) is 0 Å². The molecule has 0 aromatic heterocycles. The second-order valence-corrected chi connectivity index (χ2v) is 18.8. The Morgan fingerprint density at radius 2 is 1.00 bits per heavy atom. The van der Waals surface area contributed by atoms with Crippen molar-refractivity contribution in [1.29, 1.82) is 0 Å². The van der Waals surface area contributed by atoms with Gasteiger partial charge in [-0.3, -0.25) is 0 Å². The van der Waals surface area contributed by atoms with Crippen molar-refractivity contribution in [2.75, 3.05) is 42.7 Å². The van der Waals surface area contributed by atoms with Crippen LogP contribution in [0.5, 0.6) is 0 Å². The van der Waals surface area contributed by atoms with Crippen LogP contribution in [0, 0.1) is 0 Å². The molecule has 0 radical (unpaired) electrons. The first-order chi connectivity index (χ1) is 12.5. The predicted molar refractivity (Wildman–Crippen MR) is 109 cm³/mol. The number of rotatable bonds is 14. The van der Waals surface area contributed by atoms with Gasteiger partial charge < -0.3 is 26.6 Å². The molecule has 0 spiro atoms. The van der Waals surface area contributed by atoms with Gasteiger partial charge in [-0.2, -0.15) is 0 Å². The summed E-state index contributed by atoms with van der Waals surface area (Å²) in [5, 5.41) is 0. The third kappa shape index (κ3) is 4.52. The highest BCUT2D eigenvalue weighted by atomic mass is 28.4. The van der Waals surface area contributed by atoms with Crippen molar-refractivity contribution in [3.05, 3.63) is 0 Å². The molecule has 0 aromatic carbocycles. The van der Waals surface area contributed by atoms with Gasteiger partial charge in [-0.15, -0.1) is 0 Å². The fourth-order valence-corrected chi connectivity index (χ4v) is 16.9. The molecule has 2 aliphatic rings. The van der Waals surface area contributed by atoms with E-state index in [-0.39, 0.29) is 0 Å². The van der Waals surface area contributed by atoms with E-state index in [0.29, 0.717) is 0 Å². The molecule has 9 heteroatoms. The minimum atomic E-state index is -2.44. The molecule has 2 atom stereocenters. The molecule has 2 unspecified atom stereocenters. The van der Waals surface area contributed by atoms with Crippen LogP contribution in [0.2, 0.25) is 35.3 Å². The molecule has 1 heterocycles. The summed E-state index contributed by atoms with van der Waals surface area (Å²) >= 11 is 0. The highest BCUT2D eigenvalue weighted by molar-refractivity contribution is 6.93. The Balaban J connectivity index is 1.89. The Morgan fingerprint density at radius 1 is 0.654 bits per heavy atom. The summed E-state index contributed by atoms with van der Waals surface area (Å²) < 4.78 is 33.6. The molecule has 6 nitrogen and oxygen atoms in total. The fraction of sp³-hybridized carbons (Fsp3) is 1.00. The zero-order valence-electron chi connectivity index (χ0n) is 17.5. The molecule has 1 aliphatic heterocycles. The van der Waals surface area contributed by atoms with E-state index in [1.54, 1.807) is 42.7 Å². The summed E-state index contributed by atoms with van der Waals surface area (Å²) in [5.74, 6) is 0. The summed E-state index contributed by atoms with van der Waals surface area (Å²) in [4.78, 5) is 0. The zero-order valence-corrected chi connectivity index (χ0v) is 20.5. The summed E-state index contributed by atoms with van der Waals surface area (Å²) in [6, 6.07) is 4.62. The molecule has 26 heavy (non-hydrogen) atoms. The van der Waals surface area contributed by atoms with Crippen molar-refractivity contribution in [3.8, 4) is 0 Å². The van der Waals surface area contributed by atoms with Gasteiger partial charge in [0.05, 0.1) is 8.07 Å². The Kier molecular flexibility index (Phi) is 8.51. The van der Waals surface area contributed by atoms with Crippen molar-refractivity contribution in [1.82, 2.24) is 0 Å². The minimum Gasteiger partial charge on any atom is -0.377 e. The lowest BCUT2D eigenvalue weighted by molar-refractivity contribution is 0.123. The molecule has 0 aromatic rings. The molecule has 0 N–H and O–H groups in total. The second-order valence-electron chi connectivity index (χ2n) is 7.67. The van der Waals surface area contributed by atoms with Crippen LogP contribution in [0.15, 0.2) is 0 Å². The molecular formula is C17H38O6Si3. The maximum absolute atomic E-state index is 5.60. The van der Waals surface area contributed by atoms with Crippen LogP contribution in [0.4, 0.5) is 0 Å². The van der Waals surface area contributed by atoms with Crippen LogP contribution >= 0.6 is 0 Å². The van der Waals surface area contributed by atoms with E-state index in [1.165, 1.54) is 44.2 Å². The van der Waals surface area contributed by atoms with Crippen molar-refractivity contribution in [2.45, 2.75) is 67.4 Å². The van der Waals surface area contributed by atoms with Gasteiger partial charge in [0.15, 0.2) is 0 Å². The Labute approximate surface area is 162 Å². The molecule has 1 saturated heterocycles. The van der Waals surface area contributed by atoms with Gasteiger partial charge >= 0.3 is 17.6 Å². The van der Waals surface area contributed by atoms with Crippen molar-refractivity contribution >= 4 is 25.7 Å². The maximum atomic E-state index is 5.60. The van der Waals surface area contributed by atoms with Gasteiger partial charge in [0.25, 0.3) is 0 Å². The van der Waals surface area contributed by atoms with E-state index in [4.69, 9.17) is 26.6 Å². The van der Waals surface area contributed by atoms with E-state index < -0.39 is 25.7 Å². The first-order valence-electron chi connectivity index (χ1n) is 9.82. The summed E-state index contributed by atoms with van der Waals surface area (Å²) in [6.45, 7) is 0. The molecule has 2 rings (SSSR count). The predicted octanol–water partition coefficient (Wildman–Crippen LogP) is 3.91.